The second-order valence-electron chi connectivity index (χ2n) is 9.94. The van der Waals surface area contributed by atoms with E-state index in [9.17, 15) is 0 Å². The van der Waals surface area contributed by atoms with Crippen molar-refractivity contribution in [2.45, 2.75) is 0 Å². The minimum Gasteiger partial charge on any atom is -0.438 e. The molecular weight excluding hydrogens is 504 g/mol. The summed E-state index contributed by atoms with van der Waals surface area (Å²) >= 11 is 0. The van der Waals surface area contributed by atoms with E-state index in [0.29, 0.717) is 23.2 Å². The van der Waals surface area contributed by atoms with Gasteiger partial charge in [-0.2, -0.15) is 0 Å². The van der Waals surface area contributed by atoms with Gasteiger partial charge in [0.25, 0.3) is 0 Å². The van der Waals surface area contributed by atoms with Gasteiger partial charge < -0.3 is 4.42 Å². The molecule has 5 aromatic carbocycles. The molecule has 0 bridgehead atoms. The Kier molecular flexibility index (Phi) is 5.38. The summed E-state index contributed by atoms with van der Waals surface area (Å²) in [4.78, 5) is 19.9. The van der Waals surface area contributed by atoms with Gasteiger partial charge in [-0.1, -0.05) is 109 Å². The molecule has 0 atom stereocenters. The van der Waals surface area contributed by atoms with Crippen molar-refractivity contribution in [3.8, 4) is 45.3 Å². The molecule has 5 heteroatoms. The first-order valence-corrected chi connectivity index (χ1v) is 13.5. The largest absolute Gasteiger partial charge is 0.438 e. The number of hydrogen-bond donors (Lipinski definition) is 0. The van der Waals surface area contributed by atoms with Gasteiger partial charge in [0.15, 0.2) is 17.5 Å². The number of aromatic nitrogens is 4. The van der Waals surface area contributed by atoms with E-state index < -0.39 is 0 Å². The van der Waals surface area contributed by atoms with Gasteiger partial charge in [0, 0.05) is 32.8 Å². The van der Waals surface area contributed by atoms with Crippen LogP contribution in [0, 0.1) is 0 Å². The van der Waals surface area contributed by atoms with Crippen LogP contribution in [0.2, 0.25) is 0 Å². The molecule has 0 saturated carbocycles. The number of para-hydroxylation sites is 1. The van der Waals surface area contributed by atoms with Crippen LogP contribution in [0.4, 0.5) is 0 Å². The standard InChI is InChI=1S/C36H22N4O/c1-4-12-23(13-5-1)27-21-28(32-29-20-26-18-10-11-19-30(26)37-36(29)41-31(32)22-27)35-39-33(24-14-6-2-7-15-24)38-34(40-35)25-16-8-3-9-17-25/h1-22H. The minimum absolute atomic E-state index is 0.580. The van der Waals surface area contributed by atoms with E-state index in [-0.39, 0.29) is 0 Å². The van der Waals surface area contributed by atoms with Crippen LogP contribution in [0.3, 0.4) is 0 Å². The van der Waals surface area contributed by atoms with Crippen molar-refractivity contribution in [2.75, 3.05) is 0 Å². The molecule has 0 aliphatic rings. The Bertz CT molecular complexity index is 2130. The molecule has 3 heterocycles. The first-order valence-electron chi connectivity index (χ1n) is 13.5. The molecule has 0 spiro atoms. The van der Waals surface area contributed by atoms with Crippen molar-refractivity contribution < 1.29 is 4.42 Å². The first-order chi connectivity index (χ1) is 20.3. The van der Waals surface area contributed by atoms with E-state index in [1.807, 2.05) is 97.1 Å². The van der Waals surface area contributed by atoms with Gasteiger partial charge in [0.1, 0.15) is 5.58 Å². The molecule has 0 N–H and O–H groups in total. The molecule has 0 aliphatic carbocycles. The molecule has 41 heavy (non-hydrogen) atoms. The fourth-order valence-corrected chi connectivity index (χ4v) is 5.34. The Hall–Kier alpha value is -5.68. The van der Waals surface area contributed by atoms with Crippen molar-refractivity contribution in [3.05, 3.63) is 133 Å². The van der Waals surface area contributed by atoms with E-state index in [1.165, 1.54) is 0 Å². The Morgan fingerprint density at radius 2 is 1.00 bits per heavy atom. The van der Waals surface area contributed by atoms with Crippen LogP contribution in [0.1, 0.15) is 0 Å². The highest BCUT2D eigenvalue weighted by Crippen LogP contribution is 2.40. The highest BCUT2D eigenvalue weighted by Gasteiger charge is 2.20. The zero-order chi connectivity index (χ0) is 27.2. The molecule has 0 radical (unpaired) electrons. The number of benzene rings is 5. The number of furan rings is 1. The minimum atomic E-state index is 0.580. The maximum Gasteiger partial charge on any atom is 0.227 e. The second-order valence-corrected chi connectivity index (χ2v) is 9.94. The van der Waals surface area contributed by atoms with Crippen molar-refractivity contribution in [2.24, 2.45) is 0 Å². The lowest BCUT2D eigenvalue weighted by Crippen LogP contribution is -2.00. The smallest absolute Gasteiger partial charge is 0.227 e. The maximum atomic E-state index is 6.43. The summed E-state index contributed by atoms with van der Waals surface area (Å²) in [6.07, 6.45) is 0. The van der Waals surface area contributed by atoms with Crippen LogP contribution in [0.5, 0.6) is 0 Å². The molecule has 192 valence electrons. The zero-order valence-electron chi connectivity index (χ0n) is 21.9. The van der Waals surface area contributed by atoms with Gasteiger partial charge in [0.05, 0.1) is 5.52 Å². The van der Waals surface area contributed by atoms with Crippen LogP contribution in [-0.2, 0) is 0 Å². The van der Waals surface area contributed by atoms with E-state index in [1.54, 1.807) is 0 Å². The third-order valence-corrected chi connectivity index (χ3v) is 7.31. The third kappa shape index (κ3) is 4.12. The number of pyridine rings is 1. The summed E-state index contributed by atoms with van der Waals surface area (Å²) in [5.41, 5.74) is 7.03. The summed E-state index contributed by atoms with van der Waals surface area (Å²) in [5.74, 6) is 1.81. The predicted molar refractivity (Wildman–Crippen MR) is 164 cm³/mol. The van der Waals surface area contributed by atoms with Gasteiger partial charge in [-0.15, -0.1) is 0 Å². The Morgan fingerprint density at radius 1 is 0.439 bits per heavy atom. The third-order valence-electron chi connectivity index (χ3n) is 7.31. The van der Waals surface area contributed by atoms with Crippen LogP contribution in [0.25, 0.3) is 78.3 Å². The van der Waals surface area contributed by atoms with Crippen molar-refractivity contribution in [3.63, 3.8) is 0 Å². The summed E-state index contributed by atoms with van der Waals surface area (Å²) in [7, 11) is 0. The van der Waals surface area contributed by atoms with E-state index in [4.69, 9.17) is 24.4 Å². The summed E-state index contributed by atoms with van der Waals surface area (Å²) in [5, 5.41) is 2.91. The zero-order valence-corrected chi connectivity index (χ0v) is 21.9. The normalized spacial score (nSPS) is 11.4. The molecule has 3 aromatic heterocycles. The van der Waals surface area contributed by atoms with Crippen LogP contribution >= 0.6 is 0 Å². The van der Waals surface area contributed by atoms with E-state index >= 15 is 0 Å². The molecule has 0 fully saturated rings. The average Bonchev–Trinajstić information content (AvgIpc) is 3.41. The van der Waals surface area contributed by atoms with Crippen LogP contribution in [-0.4, -0.2) is 19.9 Å². The van der Waals surface area contributed by atoms with Crippen molar-refractivity contribution in [1.82, 2.24) is 19.9 Å². The summed E-state index contributed by atoms with van der Waals surface area (Å²) in [6.45, 7) is 0. The molecule has 8 aromatic rings. The topological polar surface area (TPSA) is 64.7 Å². The number of rotatable bonds is 4. The van der Waals surface area contributed by atoms with Crippen LogP contribution in [0.15, 0.2) is 138 Å². The number of hydrogen-bond acceptors (Lipinski definition) is 5. The molecule has 5 nitrogen and oxygen atoms in total. The highest BCUT2D eigenvalue weighted by molar-refractivity contribution is 6.14. The number of nitrogens with zero attached hydrogens (tertiary/aromatic N) is 4. The lowest BCUT2D eigenvalue weighted by Gasteiger charge is -2.11. The lowest BCUT2D eigenvalue weighted by molar-refractivity contribution is 0.656. The van der Waals surface area contributed by atoms with Gasteiger partial charge in [-0.25, -0.2) is 19.9 Å². The number of fused-ring (bicyclic) bond motifs is 4. The molecular formula is C36H22N4O. The van der Waals surface area contributed by atoms with Crippen molar-refractivity contribution in [1.29, 1.82) is 0 Å². The van der Waals surface area contributed by atoms with Gasteiger partial charge in [-0.05, 0) is 35.4 Å². The Balaban J connectivity index is 1.47. The lowest BCUT2D eigenvalue weighted by atomic mass is 9.98. The highest BCUT2D eigenvalue weighted by atomic mass is 16.3. The maximum absolute atomic E-state index is 6.43. The Morgan fingerprint density at radius 3 is 1.66 bits per heavy atom. The van der Waals surface area contributed by atoms with Gasteiger partial charge in [-0.3, -0.25) is 0 Å². The quantitative estimate of drug-likeness (QED) is 0.229. The van der Waals surface area contributed by atoms with Crippen molar-refractivity contribution >= 4 is 33.0 Å². The van der Waals surface area contributed by atoms with E-state index in [0.717, 1.165) is 55.1 Å². The van der Waals surface area contributed by atoms with Gasteiger partial charge in [0.2, 0.25) is 5.71 Å². The second kappa shape index (κ2) is 9.50. The molecule has 8 rings (SSSR count). The predicted octanol–water partition coefficient (Wildman–Crippen LogP) is 8.99. The van der Waals surface area contributed by atoms with E-state index in [2.05, 4.69) is 36.4 Å². The first kappa shape index (κ1) is 23.2. The monoisotopic (exact) mass is 526 g/mol. The molecule has 0 saturated heterocycles. The molecule has 0 unspecified atom stereocenters. The molecule has 0 amide bonds. The summed E-state index contributed by atoms with van der Waals surface area (Å²) in [6, 6.07) is 44.8. The SMILES string of the molecule is c1ccc(-c2cc(-c3nc(-c4ccccc4)nc(-c4ccccc4)n3)c3c(c2)oc2nc4ccccc4cc23)cc1. The fraction of sp³-hybridized carbons (Fsp3) is 0. The summed E-state index contributed by atoms with van der Waals surface area (Å²) < 4.78 is 6.43. The average molecular weight is 527 g/mol. The Labute approximate surface area is 235 Å². The van der Waals surface area contributed by atoms with Crippen LogP contribution < -0.4 is 0 Å². The molecule has 0 aliphatic heterocycles. The van der Waals surface area contributed by atoms with Gasteiger partial charge >= 0.3 is 0 Å². The fourth-order valence-electron chi connectivity index (χ4n) is 5.34.